The molecule has 0 bridgehead atoms. The number of aliphatic hydroxyl groups is 1. The third-order valence-corrected chi connectivity index (χ3v) is 4.86. The number of aryl methyl sites for hydroxylation is 1. The van der Waals surface area contributed by atoms with Gasteiger partial charge in [0, 0.05) is 13.0 Å². The molecule has 0 spiro atoms. The van der Waals surface area contributed by atoms with Crippen LogP contribution >= 0.6 is 11.3 Å². The van der Waals surface area contributed by atoms with E-state index in [1.165, 1.54) is 24.3 Å². The second-order valence-corrected chi connectivity index (χ2v) is 6.92. The van der Waals surface area contributed by atoms with Gasteiger partial charge in [-0.25, -0.2) is 9.78 Å². The number of hydrogen-bond donors (Lipinski definition) is 3. The monoisotopic (exact) mass is 399 g/mol. The van der Waals surface area contributed by atoms with Gasteiger partial charge in [0.05, 0.1) is 10.2 Å². The Morgan fingerprint density at radius 3 is 2.63 bits per heavy atom. The van der Waals surface area contributed by atoms with Crippen molar-refractivity contribution in [3.63, 3.8) is 0 Å². The lowest BCUT2D eigenvalue weighted by Gasteiger charge is -2.28. The van der Waals surface area contributed by atoms with Crippen LogP contribution in [0.25, 0.3) is 10.2 Å². The molecule has 3 aromatic rings. The minimum atomic E-state index is -4.96. The van der Waals surface area contributed by atoms with E-state index < -0.39 is 36.5 Å². The zero-order valence-electron chi connectivity index (χ0n) is 14.1. The second kappa shape index (κ2) is 7.20. The summed E-state index contributed by atoms with van der Waals surface area (Å²) in [7, 11) is 0. The van der Waals surface area contributed by atoms with E-state index in [9.17, 15) is 23.1 Å². The summed E-state index contributed by atoms with van der Waals surface area (Å²) in [6.45, 7) is 1.05. The van der Waals surface area contributed by atoms with Crippen LogP contribution in [0.1, 0.15) is 17.9 Å². The first-order chi connectivity index (χ1) is 12.7. The molecule has 1 aromatic carbocycles. The predicted octanol–water partition coefficient (Wildman–Crippen LogP) is 4.16. The predicted molar refractivity (Wildman–Crippen MR) is 94.7 cm³/mol. The van der Waals surface area contributed by atoms with Crippen LogP contribution in [-0.4, -0.2) is 28.8 Å². The zero-order valence-corrected chi connectivity index (χ0v) is 14.9. The van der Waals surface area contributed by atoms with E-state index in [0.29, 0.717) is 10.6 Å². The highest BCUT2D eigenvalue weighted by atomic mass is 32.1. The molecule has 0 aliphatic rings. The Morgan fingerprint density at radius 1 is 1.26 bits per heavy atom. The number of aromatic nitrogens is 1. The number of benzene rings is 1. The van der Waals surface area contributed by atoms with Crippen LogP contribution in [0.2, 0.25) is 0 Å². The number of urea groups is 1. The van der Waals surface area contributed by atoms with Gasteiger partial charge in [0.15, 0.2) is 5.13 Å². The van der Waals surface area contributed by atoms with Gasteiger partial charge in [-0.2, -0.15) is 13.2 Å². The van der Waals surface area contributed by atoms with Gasteiger partial charge in [-0.05, 0) is 31.2 Å². The van der Waals surface area contributed by atoms with E-state index in [1.54, 1.807) is 12.1 Å². The maximum Gasteiger partial charge on any atom is 0.424 e. The molecule has 2 aromatic heterocycles. The molecule has 0 aliphatic carbocycles. The largest absolute Gasteiger partial charge is 0.463 e. The van der Waals surface area contributed by atoms with Crippen molar-refractivity contribution in [3.05, 3.63) is 47.9 Å². The quantitative estimate of drug-likeness (QED) is 0.601. The fraction of sp³-hybridized carbons (Fsp3) is 0.294. The average molecular weight is 399 g/mol. The Bertz CT molecular complexity index is 920. The number of amides is 2. The molecule has 144 valence electrons. The Hall–Kier alpha value is -2.59. The number of rotatable bonds is 5. The van der Waals surface area contributed by atoms with Crippen LogP contribution in [-0.2, 0) is 5.60 Å². The molecule has 3 rings (SSSR count). The maximum absolute atomic E-state index is 13.3. The Balaban J connectivity index is 1.62. The number of alkyl halides is 3. The number of nitrogens with one attached hydrogen (secondary N) is 2. The Labute approximate surface area is 156 Å². The highest BCUT2D eigenvalue weighted by Crippen LogP contribution is 2.42. The van der Waals surface area contributed by atoms with Crippen molar-refractivity contribution in [2.45, 2.75) is 25.1 Å². The summed E-state index contributed by atoms with van der Waals surface area (Å²) in [5, 5.41) is 15.2. The lowest BCUT2D eigenvalue weighted by Crippen LogP contribution is -2.45. The van der Waals surface area contributed by atoms with Gasteiger partial charge in [0.2, 0.25) is 5.60 Å². The van der Waals surface area contributed by atoms with Crippen molar-refractivity contribution in [2.24, 2.45) is 0 Å². The molecule has 0 fully saturated rings. The van der Waals surface area contributed by atoms with E-state index in [4.69, 9.17) is 4.42 Å². The third-order valence-electron chi connectivity index (χ3n) is 3.90. The number of hydrogen-bond acceptors (Lipinski definition) is 5. The van der Waals surface area contributed by atoms with Crippen molar-refractivity contribution in [3.8, 4) is 0 Å². The average Bonchev–Trinajstić information content (AvgIpc) is 3.19. The van der Waals surface area contributed by atoms with Crippen LogP contribution in [0.5, 0.6) is 0 Å². The number of halogens is 3. The minimum absolute atomic E-state index is 0.245. The maximum atomic E-state index is 13.3. The van der Waals surface area contributed by atoms with Gasteiger partial charge in [-0.3, -0.25) is 5.32 Å². The van der Waals surface area contributed by atoms with Gasteiger partial charge in [-0.15, -0.1) is 0 Å². The van der Waals surface area contributed by atoms with E-state index in [0.717, 1.165) is 10.8 Å². The molecule has 0 radical (unpaired) electrons. The first kappa shape index (κ1) is 19.2. The van der Waals surface area contributed by atoms with E-state index in [-0.39, 0.29) is 5.76 Å². The van der Waals surface area contributed by atoms with E-state index in [1.807, 2.05) is 12.1 Å². The second-order valence-electron chi connectivity index (χ2n) is 5.89. The molecular weight excluding hydrogens is 383 g/mol. The summed E-state index contributed by atoms with van der Waals surface area (Å²) in [5.74, 6) is -0.366. The number of furan rings is 1. The van der Waals surface area contributed by atoms with Crippen molar-refractivity contribution in [2.75, 3.05) is 11.9 Å². The molecule has 0 saturated heterocycles. The molecule has 27 heavy (non-hydrogen) atoms. The normalized spacial score (nSPS) is 14.1. The van der Waals surface area contributed by atoms with Crippen molar-refractivity contribution < 1.29 is 27.5 Å². The molecule has 0 aliphatic heterocycles. The number of para-hydroxylation sites is 1. The zero-order chi connectivity index (χ0) is 19.7. The molecule has 0 saturated carbocycles. The number of thiazole rings is 1. The van der Waals surface area contributed by atoms with Gasteiger partial charge in [0.25, 0.3) is 0 Å². The lowest BCUT2D eigenvalue weighted by molar-refractivity contribution is -0.274. The Morgan fingerprint density at radius 2 is 2.00 bits per heavy atom. The smallest absolute Gasteiger partial charge is 0.424 e. The van der Waals surface area contributed by atoms with Crippen LogP contribution in [0, 0.1) is 6.92 Å². The fourth-order valence-electron chi connectivity index (χ4n) is 2.49. The highest BCUT2D eigenvalue weighted by molar-refractivity contribution is 7.22. The summed E-state index contributed by atoms with van der Waals surface area (Å²) >= 11 is 1.24. The summed E-state index contributed by atoms with van der Waals surface area (Å²) in [5.41, 5.74) is -2.48. The third kappa shape index (κ3) is 4.06. The number of anilines is 1. The summed E-state index contributed by atoms with van der Waals surface area (Å²) in [6, 6.07) is 8.95. The number of carbonyl (C=O) groups excluding carboxylic acids is 1. The van der Waals surface area contributed by atoms with Gasteiger partial charge < -0.3 is 14.8 Å². The minimum Gasteiger partial charge on any atom is -0.463 e. The van der Waals surface area contributed by atoms with Crippen LogP contribution in [0.15, 0.2) is 40.8 Å². The van der Waals surface area contributed by atoms with Crippen LogP contribution < -0.4 is 10.6 Å². The van der Waals surface area contributed by atoms with Crippen molar-refractivity contribution >= 4 is 32.7 Å². The molecule has 6 nitrogen and oxygen atoms in total. The molecule has 3 N–H and O–H groups in total. The highest BCUT2D eigenvalue weighted by Gasteiger charge is 2.56. The molecule has 1 atom stereocenters. The first-order valence-electron chi connectivity index (χ1n) is 7.95. The van der Waals surface area contributed by atoms with Gasteiger partial charge in [0.1, 0.15) is 11.5 Å². The SMILES string of the molecule is Cc1ccc([C@](O)(CCNC(=O)Nc2nc3ccccc3s2)C(F)(F)F)o1. The molecule has 2 amide bonds. The van der Waals surface area contributed by atoms with Gasteiger partial charge >= 0.3 is 12.2 Å². The Kier molecular flexibility index (Phi) is 5.11. The standard InChI is InChI=1S/C17H16F3N3O3S/c1-10-6-7-13(26-10)16(25,17(18,19)20)8-9-21-14(24)23-15-22-11-4-2-3-5-12(11)27-15/h2-7,25H,8-9H2,1H3,(H2,21,22,23,24)/t16-/m1/s1. The van der Waals surface area contributed by atoms with Crippen LogP contribution in [0.4, 0.5) is 23.1 Å². The fourth-order valence-corrected chi connectivity index (χ4v) is 3.35. The van der Waals surface area contributed by atoms with Crippen LogP contribution in [0.3, 0.4) is 0 Å². The summed E-state index contributed by atoms with van der Waals surface area (Å²) in [4.78, 5) is 16.1. The number of nitrogens with zero attached hydrogens (tertiary/aromatic N) is 1. The summed E-state index contributed by atoms with van der Waals surface area (Å²) < 4.78 is 45.8. The van der Waals surface area contributed by atoms with Gasteiger partial charge in [-0.1, -0.05) is 23.5 Å². The number of fused-ring (bicyclic) bond motifs is 1. The molecular formula is C17H16F3N3O3S. The summed E-state index contributed by atoms with van der Waals surface area (Å²) in [6.07, 6.45) is -5.75. The first-order valence-corrected chi connectivity index (χ1v) is 8.77. The van der Waals surface area contributed by atoms with E-state index >= 15 is 0 Å². The molecule has 10 heteroatoms. The van der Waals surface area contributed by atoms with Crippen molar-refractivity contribution in [1.29, 1.82) is 0 Å². The molecule has 0 unspecified atom stereocenters. The van der Waals surface area contributed by atoms with E-state index in [2.05, 4.69) is 15.6 Å². The van der Waals surface area contributed by atoms with Crippen molar-refractivity contribution in [1.82, 2.24) is 10.3 Å². The number of carbonyl (C=O) groups is 1. The molecule has 2 heterocycles. The lowest BCUT2D eigenvalue weighted by atomic mass is 9.96. The topological polar surface area (TPSA) is 87.4 Å².